The summed E-state index contributed by atoms with van der Waals surface area (Å²) in [6, 6.07) is 7.41. The van der Waals surface area contributed by atoms with Crippen LogP contribution in [0.15, 0.2) is 18.2 Å². The van der Waals surface area contributed by atoms with E-state index in [0.717, 1.165) is 25.1 Å². The minimum absolute atomic E-state index is 0.280. The summed E-state index contributed by atoms with van der Waals surface area (Å²) in [5, 5.41) is 12.7. The Kier molecular flexibility index (Phi) is 9.53. The van der Waals surface area contributed by atoms with E-state index in [1.165, 1.54) is 54.7 Å². The van der Waals surface area contributed by atoms with Crippen LogP contribution in [-0.4, -0.2) is 35.4 Å². The summed E-state index contributed by atoms with van der Waals surface area (Å²) in [5.74, 6) is 0.634. The van der Waals surface area contributed by atoms with Crippen molar-refractivity contribution < 1.29 is 9.53 Å². The molecule has 1 aliphatic carbocycles. The average molecular weight is 473 g/mol. The Bertz CT molecular complexity index is 892. The van der Waals surface area contributed by atoms with Crippen LogP contribution in [0, 0.1) is 5.92 Å². The van der Waals surface area contributed by atoms with Gasteiger partial charge in [0.15, 0.2) is 0 Å². The van der Waals surface area contributed by atoms with Gasteiger partial charge in [-0.1, -0.05) is 70.8 Å². The minimum Gasteiger partial charge on any atom is -0.461 e. The number of ether oxygens (including phenoxy) is 1. The Morgan fingerprint density at radius 1 is 1.18 bits per heavy atom. The molecular weight excluding hydrogens is 432 g/mol. The molecule has 1 atom stereocenters. The van der Waals surface area contributed by atoms with Gasteiger partial charge in [-0.3, -0.25) is 0 Å². The average Bonchev–Trinajstić information content (AvgIpc) is 3.27. The predicted molar refractivity (Wildman–Crippen MR) is 138 cm³/mol. The number of nitrogens with zero attached hydrogens (tertiary/aromatic N) is 3. The first-order valence-corrected chi connectivity index (χ1v) is 13.4. The first-order chi connectivity index (χ1) is 15.9. The number of carbonyl (C=O) groups is 1. The molecule has 0 aliphatic heterocycles. The summed E-state index contributed by atoms with van der Waals surface area (Å²) in [6.45, 7) is 12.2. The van der Waals surface area contributed by atoms with Crippen molar-refractivity contribution in [3.63, 3.8) is 0 Å². The second-order valence-electron chi connectivity index (χ2n) is 9.56. The second kappa shape index (κ2) is 12.4. The molecule has 1 aliphatic rings. The Labute approximate surface area is 203 Å². The van der Waals surface area contributed by atoms with Crippen molar-refractivity contribution in [3.8, 4) is 0 Å². The van der Waals surface area contributed by atoms with Gasteiger partial charge in [-0.15, -0.1) is 10.2 Å². The van der Waals surface area contributed by atoms with Gasteiger partial charge < -0.3 is 15.0 Å². The van der Waals surface area contributed by atoms with Crippen molar-refractivity contribution in [1.29, 1.82) is 0 Å². The van der Waals surface area contributed by atoms with Gasteiger partial charge in [-0.25, -0.2) is 4.79 Å². The molecule has 1 heterocycles. The van der Waals surface area contributed by atoms with Crippen LogP contribution in [0.25, 0.3) is 0 Å². The molecule has 0 spiro atoms. The van der Waals surface area contributed by atoms with E-state index in [9.17, 15) is 4.79 Å². The lowest BCUT2D eigenvalue weighted by molar-refractivity contribution is 0.0525. The smallest absolute Gasteiger partial charge is 0.369 e. The summed E-state index contributed by atoms with van der Waals surface area (Å²) in [4.78, 5) is 14.7. The fraction of sp³-hybridized carbons (Fsp3) is 0.654. The van der Waals surface area contributed by atoms with Crippen molar-refractivity contribution in [1.82, 2.24) is 10.2 Å². The first-order valence-electron chi connectivity index (χ1n) is 12.6. The van der Waals surface area contributed by atoms with Gasteiger partial charge in [0.1, 0.15) is 0 Å². The summed E-state index contributed by atoms with van der Waals surface area (Å²) < 4.78 is 5.09. The molecule has 0 amide bonds. The van der Waals surface area contributed by atoms with Gasteiger partial charge in [0.05, 0.1) is 18.0 Å². The highest BCUT2D eigenvalue weighted by molar-refractivity contribution is 7.17. The van der Waals surface area contributed by atoms with Crippen molar-refractivity contribution in [3.05, 3.63) is 28.8 Å². The number of anilines is 3. The van der Waals surface area contributed by atoms with E-state index in [2.05, 4.69) is 66.3 Å². The molecule has 1 fully saturated rings. The van der Waals surface area contributed by atoms with Crippen LogP contribution in [0.5, 0.6) is 0 Å². The summed E-state index contributed by atoms with van der Waals surface area (Å²) in [6.07, 6.45) is 8.74. The third-order valence-corrected chi connectivity index (χ3v) is 7.13. The number of aromatic nitrogens is 2. The normalized spacial score (nSPS) is 15.5. The van der Waals surface area contributed by atoms with E-state index >= 15 is 0 Å². The molecule has 2 aromatic rings. The van der Waals surface area contributed by atoms with Crippen LogP contribution < -0.4 is 10.2 Å². The van der Waals surface area contributed by atoms with Crippen LogP contribution in [-0.2, 0) is 4.74 Å². The number of nitrogens with one attached hydrogen (secondary N) is 1. The van der Waals surface area contributed by atoms with Gasteiger partial charge in [-0.05, 0) is 55.7 Å². The molecule has 0 bridgehead atoms. The lowest BCUT2D eigenvalue weighted by atomic mass is 9.92. The molecule has 7 heteroatoms. The van der Waals surface area contributed by atoms with Crippen LogP contribution in [0.3, 0.4) is 0 Å². The van der Waals surface area contributed by atoms with Crippen LogP contribution in [0.2, 0.25) is 0 Å². The molecule has 33 heavy (non-hydrogen) atoms. The molecule has 3 rings (SSSR count). The van der Waals surface area contributed by atoms with Gasteiger partial charge in [0.2, 0.25) is 10.1 Å². The van der Waals surface area contributed by atoms with Gasteiger partial charge >= 0.3 is 5.97 Å². The predicted octanol–water partition coefficient (Wildman–Crippen LogP) is 7.16. The maximum absolute atomic E-state index is 12.1. The Morgan fingerprint density at radius 2 is 1.94 bits per heavy atom. The standard InChI is InChI=1S/C26H40N4O2S/c1-6-11-19(5)20-14-15-23(30(17-18(3)4)21-12-9-8-10-13-21)22(16-20)27-26-29-28-24(33-26)25(31)32-7-2/h14-16,18-19,21H,6-13,17H2,1-5H3,(H,27,29). The lowest BCUT2D eigenvalue weighted by Gasteiger charge is -2.38. The SMILES string of the molecule is CCCC(C)c1ccc(N(CC(C)C)C2CCCCC2)c(Nc2nnc(C(=O)OCC)s2)c1. The quantitative estimate of drug-likeness (QED) is 0.350. The Balaban J connectivity index is 1.97. The molecule has 182 valence electrons. The molecule has 1 aromatic heterocycles. The molecule has 6 nitrogen and oxygen atoms in total. The number of hydrogen-bond donors (Lipinski definition) is 1. The lowest BCUT2D eigenvalue weighted by Crippen LogP contribution is -2.39. The molecule has 1 unspecified atom stereocenters. The molecule has 0 saturated heterocycles. The molecular formula is C26H40N4O2S. The topological polar surface area (TPSA) is 67.3 Å². The van der Waals surface area contributed by atoms with Crippen molar-refractivity contribution in [2.45, 2.75) is 91.5 Å². The molecule has 1 N–H and O–H groups in total. The van der Waals surface area contributed by atoms with E-state index in [1.54, 1.807) is 6.92 Å². The van der Waals surface area contributed by atoms with Gasteiger partial charge in [-0.2, -0.15) is 0 Å². The maximum atomic E-state index is 12.1. The minimum atomic E-state index is -0.419. The zero-order valence-corrected chi connectivity index (χ0v) is 21.7. The van der Waals surface area contributed by atoms with Crippen LogP contribution >= 0.6 is 11.3 Å². The zero-order chi connectivity index (χ0) is 23.8. The van der Waals surface area contributed by atoms with E-state index in [4.69, 9.17) is 4.74 Å². The summed E-state index contributed by atoms with van der Waals surface area (Å²) >= 11 is 1.24. The number of benzene rings is 1. The largest absolute Gasteiger partial charge is 0.461 e. The molecule has 0 radical (unpaired) electrons. The number of esters is 1. The third-order valence-electron chi connectivity index (χ3n) is 6.31. The number of hydrogen-bond acceptors (Lipinski definition) is 7. The van der Waals surface area contributed by atoms with Gasteiger partial charge in [0.25, 0.3) is 0 Å². The fourth-order valence-corrected chi connectivity index (χ4v) is 5.35. The highest BCUT2D eigenvalue weighted by atomic mass is 32.1. The maximum Gasteiger partial charge on any atom is 0.369 e. The zero-order valence-electron chi connectivity index (χ0n) is 20.9. The van der Waals surface area contributed by atoms with Gasteiger partial charge in [0, 0.05) is 12.6 Å². The number of rotatable bonds is 11. The van der Waals surface area contributed by atoms with Crippen molar-refractivity contribution >= 4 is 33.8 Å². The summed E-state index contributed by atoms with van der Waals surface area (Å²) in [7, 11) is 0. The van der Waals surface area contributed by atoms with Crippen molar-refractivity contribution in [2.75, 3.05) is 23.4 Å². The van der Waals surface area contributed by atoms with Crippen molar-refractivity contribution in [2.24, 2.45) is 5.92 Å². The Hall–Kier alpha value is -2.15. The highest BCUT2D eigenvalue weighted by Gasteiger charge is 2.25. The highest BCUT2D eigenvalue weighted by Crippen LogP contribution is 2.37. The third kappa shape index (κ3) is 6.92. The van der Waals surface area contributed by atoms with E-state index in [1.807, 2.05) is 0 Å². The monoisotopic (exact) mass is 472 g/mol. The second-order valence-corrected chi connectivity index (χ2v) is 10.5. The van der Waals surface area contributed by atoms with Crippen LogP contribution in [0.4, 0.5) is 16.5 Å². The molecule has 1 aromatic carbocycles. The first kappa shape index (κ1) is 25.5. The van der Waals surface area contributed by atoms with E-state index in [-0.39, 0.29) is 5.01 Å². The molecule has 1 saturated carbocycles. The van der Waals surface area contributed by atoms with E-state index in [0.29, 0.717) is 29.6 Å². The summed E-state index contributed by atoms with van der Waals surface area (Å²) in [5.41, 5.74) is 3.59. The number of carbonyl (C=O) groups excluding carboxylic acids is 1. The van der Waals surface area contributed by atoms with Crippen LogP contribution in [0.1, 0.15) is 101 Å². The fourth-order valence-electron chi connectivity index (χ4n) is 4.70. The van der Waals surface area contributed by atoms with E-state index < -0.39 is 5.97 Å². The Morgan fingerprint density at radius 3 is 2.61 bits per heavy atom.